The highest BCUT2D eigenvalue weighted by atomic mass is 35.5. The van der Waals surface area contributed by atoms with Crippen molar-refractivity contribution in [3.8, 4) is 11.1 Å². The molecule has 1 aromatic heterocycles. The van der Waals surface area contributed by atoms with Gasteiger partial charge in [-0.25, -0.2) is 18.7 Å². The zero-order valence-corrected chi connectivity index (χ0v) is 19.4. The van der Waals surface area contributed by atoms with Crippen molar-refractivity contribution in [3.63, 3.8) is 0 Å². The molecule has 0 aliphatic carbocycles. The molecule has 1 heterocycles. The number of hydrogen-bond acceptors (Lipinski definition) is 5. The molecule has 0 saturated carbocycles. The van der Waals surface area contributed by atoms with E-state index in [4.69, 9.17) is 17.3 Å². The SMILES string of the molecule is CC.Nc1ncc2cc(-c3c(F)ccc(NSc4cc(Cl)cc(C(F)(F)F)c4)c3F)ccc2n1. The number of nitrogens with one attached hydrogen (secondary N) is 1. The number of fused-ring (bicyclic) bond motifs is 1. The lowest BCUT2D eigenvalue weighted by Crippen LogP contribution is -2.05. The van der Waals surface area contributed by atoms with Crippen LogP contribution in [0, 0.1) is 11.6 Å². The monoisotopic (exact) mass is 512 g/mol. The Morgan fingerprint density at radius 1 is 1.00 bits per heavy atom. The molecule has 4 aromatic rings. The second-order valence-electron chi connectivity index (χ2n) is 6.66. The maximum absolute atomic E-state index is 15.2. The largest absolute Gasteiger partial charge is 0.416 e. The van der Waals surface area contributed by atoms with Crippen LogP contribution in [0.1, 0.15) is 19.4 Å². The Kier molecular flexibility index (Phi) is 7.83. The van der Waals surface area contributed by atoms with E-state index < -0.39 is 23.4 Å². The normalized spacial score (nSPS) is 11.2. The fourth-order valence-electron chi connectivity index (χ4n) is 3.00. The van der Waals surface area contributed by atoms with Crippen LogP contribution in [0.15, 0.2) is 59.6 Å². The summed E-state index contributed by atoms with van der Waals surface area (Å²) in [6.07, 6.45) is -3.15. The van der Waals surface area contributed by atoms with Crippen LogP contribution < -0.4 is 10.5 Å². The molecular weight excluding hydrogens is 495 g/mol. The fourth-order valence-corrected chi connectivity index (χ4v) is 4.06. The van der Waals surface area contributed by atoms with Crippen LogP contribution in [0.2, 0.25) is 5.02 Å². The van der Waals surface area contributed by atoms with E-state index in [9.17, 15) is 17.6 Å². The van der Waals surface area contributed by atoms with Gasteiger partial charge in [-0.05, 0) is 60.0 Å². The maximum Gasteiger partial charge on any atom is 0.416 e. The van der Waals surface area contributed by atoms with Gasteiger partial charge >= 0.3 is 6.18 Å². The molecule has 0 unspecified atom stereocenters. The van der Waals surface area contributed by atoms with Crippen LogP contribution in [0.25, 0.3) is 22.0 Å². The molecule has 0 aliphatic heterocycles. The average Bonchev–Trinajstić information content (AvgIpc) is 2.79. The van der Waals surface area contributed by atoms with E-state index in [2.05, 4.69) is 14.7 Å². The molecule has 0 radical (unpaired) electrons. The number of alkyl halides is 3. The van der Waals surface area contributed by atoms with Gasteiger partial charge in [0.2, 0.25) is 5.95 Å². The molecule has 0 bridgehead atoms. The molecule has 3 aromatic carbocycles. The van der Waals surface area contributed by atoms with Crippen molar-refractivity contribution in [2.75, 3.05) is 10.5 Å². The summed E-state index contributed by atoms with van der Waals surface area (Å²) in [6, 6.07) is 9.73. The highest BCUT2D eigenvalue weighted by Gasteiger charge is 2.31. The molecule has 0 spiro atoms. The predicted molar refractivity (Wildman–Crippen MR) is 127 cm³/mol. The third kappa shape index (κ3) is 5.68. The average molecular weight is 513 g/mol. The minimum Gasteiger partial charge on any atom is -0.368 e. The predicted octanol–water partition coefficient (Wildman–Crippen LogP) is 7.97. The van der Waals surface area contributed by atoms with Gasteiger partial charge in [-0.15, -0.1) is 0 Å². The molecule has 0 fully saturated rings. The van der Waals surface area contributed by atoms with E-state index in [1.165, 1.54) is 24.4 Å². The van der Waals surface area contributed by atoms with Crippen molar-refractivity contribution >= 4 is 46.1 Å². The number of aromatic nitrogens is 2. The number of nitrogen functional groups attached to an aromatic ring is 1. The van der Waals surface area contributed by atoms with Gasteiger partial charge in [-0.3, -0.25) is 0 Å². The lowest BCUT2D eigenvalue weighted by atomic mass is 10.0. The highest BCUT2D eigenvalue weighted by Crippen LogP contribution is 2.37. The molecule has 34 heavy (non-hydrogen) atoms. The molecule has 11 heteroatoms. The summed E-state index contributed by atoms with van der Waals surface area (Å²) < 4.78 is 71.3. The molecule has 3 N–H and O–H groups in total. The number of benzene rings is 3. The maximum atomic E-state index is 15.2. The van der Waals surface area contributed by atoms with E-state index in [-0.39, 0.29) is 32.7 Å². The van der Waals surface area contributed by atoms with E-state index in [0.29, 0.717) is 22.9 Å². The zero-order valence-electron chi connectivity index (χ0n) is 17.8. The molecule has 0 saturated heterocycles. The summed E-state index contributed by atoms with van der Waals surface area (Å²) in [5.74, 6) is -1.65. The van der Waals surface area contributed by atoms with E-state index in [1.54, 1.807) is 6.07 Å². The van der Waals surface area contributed by atoms with Gasteiger partial charge in [0, 0.05) is 21.5 Å². The summed E-state index contributed by atoms with van der Waals surface area (Å²) in [5, 5.41) is 0.408. The molecule has 4 rings (SSSR count). The first kappa shape index (κ1) is 25.5. The van der Waals surface area contributed by atoms with Crippen LogP contribution >= 0.6 is 23.5 Å². The summed E-state index contributed by atoms with van der Waals surface area (Å²) in [7, 11) is 0. The van der Waals surface area contributed by atoms with E-state index in [0.717, 1.165) is 24.3 Å². The summed E-state index contributed by atoms with van der Waals surface area (Å²) in [5.41, 5.74) is 4.92. The van der Waals surface area contributed by atoms with Gasteiger partial charge in [0.05, 0.1) is 22.3 Å². The lowest BCUT2D eigenvalue weighted by Gasteiger charge is -2.13. The summed E-state index contributed by atoms with van der Waals surface area (Å²) in [4.78, 5) is 8.02. The second-order valence-corrected chi connectivity index (χ2v) is 7.98. The Bertz CT molecular complexity index is 1330. The number of nitrogens with two attached hydrogens (primary N) is 1. The summed E-state index contributed by atoms with van der Waals surface area (Å²) in [6.45, 7) is 4.00. The standard InChI is InChI=1S/C21H12ClF5N4S.C2H6/c22-13-6-12(21(25,26)27)7-14(8-13)32-31-17-4-2-15(23)18(19(17)24)10-1-3-16-11(5-10)9-29-20(28)30-16;1-2/h1-9,31H,(H2,28,29,30);1-2H3. The number of hydrogen-bond donors (Lipinski definition) is 2. The lowest BCUT2D eigenvalue weighted by molar-refractivity contribution is -0.137. The van der Waals surface area contributed by atoms with Gasteiger partial charge in [0.1, 0.15) is 5.82 Å². The first-order chi connectivity index (χ1) is 16.1. The van der Waals surface area contributed by atoms with E-state index >= 15 is 4.39 Å². The highest BCUT2D eigenvalue weighted by molar-refractivity contribution is 8.00. The molecule has 178 valence electrons. The molecule has 0 amide bonds. The van der Waals surface area contributed by atoms with Crippen molar-refractivity contribution in [1.82, 2.24) is 9.97 Å². The van der Waals surface area contributed by atoms with Crippen LogP contribution in [0.4, 0.5) is 33.6 Å². The second kappa shape index (κ2) is 10.4. The third-order valence-electron chi connectivity index (χ3n) is 4.46. The Hall–Kier alpha value is -3.11. The number of halogens is 6. The van der Waals surface area contributed by atoms with Gasteiger partial charge < -0.3 is 10.5 Å². The fraction of sp³-hybridized carbons (Fsp3) is 0.130. The van der Waals surface area contributed by atoms with Crippen molar-refractivity contribution < 1.29 is 22.0 Å². The van der Waals surface area contributed by atoms with Crippen LogP contribution in [0.5, 0.6) is 0 Å². The van der Waals surface area contributed by atoms with Crippen LogP contribution in [-0.4, -0.2) is 9.97 Å². The van der Waals surface area contributed by atoms with Gasteiger partial charge in [0.15, 0.2) is 5.82 Å². The third-order valence-corrected chi connectivity index (χ3v) is 5.47. The first-order valence-electron chi connectivity index (χ1n) is 9.93. The van der Waals surface area contributed by atoms with Crippen molar-refractivity contribution in [3.05, 3.63) is 76.9 Å². The molecule has 0 atom stereocenters. The number of nitrogens with zero attached hydrogens (tertiary/aromatic N) is 2. The van der Waals surface area contributed by atoms with E-state index in [1.807, 2.05) is 13.8 Å². The molecular formula is C23H18ClF5N4S. The topological polar surface area (TPSA) is 63.8 Å². The van der Waals surface area contributed by atoms with Crippen LogP contribution in [0.3, 0.4) is 0 Å². The minimum atomic E-state index is -4.58. The van der Waals surface area contributed by atoms with Crippen molar-refractivity contribution in [2.45, 2.75) is 24.9 Å². The zero-order chi connectivity index (χ0) is 25.0. The van der Waals surface area contributed by atoms with Gasteiger partial charge in [-0.2, -0.15) is 13.2 Å². The number of rotatable bonds is 4. The Morgan fingerprint density at radius 3 is 2.44 bits per heavy atom. The first-order valence-corrected chi connectivity index (χ1v) is 11.1. The van der Waals surface area contributed by atoms with Gasteiger partial charge in [0.25, 0.3) is 0 Å². The number of anilines is 2. The quantitative estimate of drug-likeness (QED) is 0.214. The smallest absolute Gasteiger partial charge is 0.368 e. The Balaban J connectivity index is 0.00000158. The molecule has 0 aliphatic rings. The Morgan fingerprint density at radius 2 is 1.74 bits per heavy atom. The van der Waals surface area contributed by atoms with Gasteiger partial charge in [-0.1, -0.05) is 31.5 Å². The Labute approximate surface area is 201 Å². The van der Waals surface area contributed by atoms with Crippen LogP contribution in [-0.2, 0) is 6.18 Å². The van der Waals surface area contributed by atoms with Crippen molar-refractivity contribution in [2.24, 2.45) is 0 Å². The molecule has 4 nitrogen and oxygen atoms in total. The summed E-state index contributed by atoms with van der Waals surface area (Å²) >= 11 is 6.49. The minimum absolute atomic E-state index is 0.0699. The van der Waals surface area contributed by atoms with Crippen molar-refractivity contribution in [1.29, 1.82) is 0 Å².